The minimum atomic E-state index is 0.140. The van der Waals surface area contributed by atoms with Crippen molar-refractivity contribution in [1.29, 1.82) is 0 Å². The van der Waals surface area contributed by atoms with Gasteiger partial charge in [0.15, 0.2) is 0 Å². The number of carbonyl (C=O) groups excluding carboxylic acids is 1. The molecule has 1 amide bonds. The van der Waals surface area contributed by atoms with Gasteiger partial charge in [-0.25, -0.2) is 0 Å². The number of ether oxygens (including phenoxy) is 1. The maximum atomic E-state index is 11.5. The maximum absolute atomic E-state index is 11.5. The number of anilines is 1. The highest BCUT2D eigenvalue weighted by molar-refractivity contribution is 7.99. The third-order valence-corrected chi connectivity index (χ3v) is 4.74. The van der Waals surface area contributed by atoms with Crippen molar-refractivity contribution in [2.45, 2.75) is 18.2 Å². The van der Waals surface area contributed by atoms with Crippen LogP contribution in [0.25, 0.3) is 0 Å². The van der Waals surface area contributed by atoms with Gasteiger partial charge >= 0.3 is 0 Å². The number of thioether (sulfide) groups is 1. The summed E-state index contributed by atoms with van der Waals surface area (Å²) in [5, 5.41) is 0. The van der Waals surface area contributed by atoms with Crippen LogP contribution in [0, 0.1) is 5.92 Å². The van der Waals surface area contributed by atoms with E-state index in [-0.39, 0.29) is 5.91 Å². The lowest BCUT2D eigenvalue weighted by atomic mass is 10.1. The lowest BCUT2D eigenvalue weighted by Gasteiger charge is -2.25. The van der Waals surface area contributed by atoms with E-state index in [2.05, 4.69) is 18.2 Å². The molecule has 0 aromatic heterocycles. The van der Waals surface area contributed by atoms with Crippen molar-refractivity contribution in [1.82, 2.24) is 0 Å². The molecule has 0 atom stereocenters. The molecule has 0 N–H and O–H groups in total. The third-order valence-electron chi connectivity index (χ3n) is 3.52. The Kier molecular flexibility index (Phi) is 3.31. The minimum Gasteiger partial charge on any atom is -0.381 e. The fourth-order valence-electron chi connectivity index (χ4n) is 2.39. The molecule has 2 aliphatic heterocycles. The molecule has 2 heterocycles. The highest BCUT2D eigenvalue weighted by Gasteiger charge is 2.23. The largest absolute Gasteiger partial charge is 0.381 e. The molecule has 1 aromatic rings. The molecule has 3 nitrogen and oxygen atoms in total. The Morgan fingerprint density at radius 3 is 3.00 bits per heavy atom. The molecule has 1 aromatic carbocycles. The first-order valence-corrected chi connectivity index (χ1v) is 7.34. The predicted octanol–water partition coefficient (Wildman–Crippen LogP) is 2.33. The van der Waals surface area contributed by atoms with E-state index in [1.54, 1.807) is 6.92 Å². The Hall–Kier alpha value is -1.00. The van der Waals surface area contributed by atoms with Crippen molar-refractivity contribution < 1.29 is 9.53 Å². The van der Waals surface area contributed by atoms with E-state index in [0.29, 0.717) is 0 Å². The van der Waals surface area contributed by atoms with Gasteiger partial charge in [0.05, 0.1) is 13.2 Å². The summed E-state index contributed by atoms with van der Waals surface area (Å²) < 4.78 is 5.18. The second-order valence-electron chi connectivity index (χ2n) is 4.93. The average Bonchev–Trinajstić information content (AvgIpc) is 2.69. The first-order valence-electron chi connectivity index (χ1n) is 6.35. The van der Waals surface area contributed by atoms with Crippen molar-refractivity contribution in [2.24, 2.45) is 5.92 Å². The molecule has 96 valence electrons. The molecule has 3 rings (SSSR count). The normalized spacial score (nSPS) is 18.6. The zero-order valence-electron chi connectivity index (χ0n) is 10.5. The van der Waals surface area contributed by atoms with Crippen molar-refractivity contribution in [3.8, 4) is 0 Å². The van der Waals surface area contributed by atoms with Crippen LogP contribution in [0.1, 0.15) is 12.5 Å². The van der Waals surface area contributed by atoms with E-state index >= 15 is 0 Å². The number of rotatable bonds is 3. The van der Waals surface area contributed by atoms with Gasteiger partial charge in [-0.1, -0.05) is 0 Å². The Bertz CT molecular complexity index is 471. The molecule has 2 aliphatic rings. The van der Waals surface area contributed by atoms with Crippen LogP contribution < -0.4 is 4.90 Å². The van der Waals surface area contributed by atoms with Crippen molar-refractivity contribution >= 4 is 23.4 Å². The first kappa shape index (κ1) is 12.1. The van der Waals surface area contributed by atoms with Crippen molar-refractivity contribution in [3.63, 3.8) is 0 Å². The smallest absolute Gasteiger partial charge is 0.223 e. The number of fused-ring (bicyclic) bond motifs is 1. The first-order chi connectivity index (χ1) is 8.74. The van der Waals surface area contributed by atoms with Gasteiger partial charge in [-0.2, -0.15) is 0 Å². The van der Waals surface area contributed by atoms with Gasteiger partial charge in [0.1, 0.15) is 0 Å². The molecule has 0 saturated carbocycles. The van der Waals surface area contributed by atoms with E-state index in [1.807, 2.05) is 16.7 Å². The van der Waals surface area contributed by atoms with Crippen molar-refractivity contribution in [3.05, 3.63) is 23.8 Å². The molecular weight excluding hydrogens is 246 g/mol. The van der Waals surface area contributed by atoms with Crippen LogP contribution in [0.15, 0.2) is 23.1 Å². The topological polar surface area (TPSA) is 29.5 Å². The maximum Gasteiger partial charge on any atom is 0.223 e. The molecule has 0 radical (unpaired) electrons. The van der Waals surface area contributed by atoms with Crippen LogP contribution in [0.4, 0.5) is 5.69 Å². The standard InChI is InChI=1S/C14H17NO2S/c1-10(16)15-5-4-12-6-13(2-3-14(12)15)18-9-11-7-17-8-11/h2-3,6,11H,4-5,7-9H2,1H3. The summed E-state index contributed by atoms with van der Waals surface area (Å²) in [6.07, 6.45) is 0.982. The number of amides is 1. The molecule has 18 heavy (non-hydrogen) atoms. The number of carbonyl (C=O) groups is 1. The molecule has 1 fully saturated rings. The van der Waals surface area contributed by atoms with E-state index < -0.39 is 0 Å². The summed E-state index contributed by atoms with van der Waals surface area (Å²) in [6, 6.07) is 6.45. The summed E-state index contributed by atoms with van der Waals surface area (Å²) in [6.45, 7) is 4.29. The molecule has 0 unspecified atom stereocenters. The Balaban J connectivity index is 1.69. The Morgan fingerprint density at radius 1 is 1.50 bits per heavy atom. The van der Waals surface area contributed by atoms with Gasteiger partial charge in [-0.05, 0) is 30.2 Å². The summed E-state index contributed by atoms with van der Waals surface area (Å²) in [5.41, 5.74) is 2.40. The fraction of sp³-hybridized carbons (Fsp3) is 0.500. The Morgan fingerprint density at radius 2 is 2.33 bits per heavy atom. The Labute approximate surface area is 111 Å². The minimum absolute atomic E-state index is 0.140. The van der Waals surface area contributed by atoms with Crippen LogP contribution >= 0.6 is 11.8 Å². The lowest BCUT2D eigenvalue weighted by Crippen LogP contribution is -2.29. The van der Waals surface area contributed by atoms with Crippen LogP contribution in [0.3, 0.4) is 0 Å². The van der Waals surface area contributed by atoms with Gasteiger partial charge in [0.25, 0.3) is 0 Å². The quantitative estimate of drug-likeness (QED) is 0.784. The second kappa shape index (κ2) is 4.94. The van der Waals surface area contributed by atoms with Crippen LogP contribution in [-0.4, -0.2) is 31.4 Å². The summed E-state index contributed by atoms with van der Waals surface area (Å²) in [5.74, 6) is 1.99. The summed E-state index contributed by atoms with van der Waals surface area (Å²) in [7, 11) is 0. The van der Waals surface area contributed by atoms with Gasteiger partial charge in [-0.15, -0.1) is 11.8 Å². The number of benzene rings is 1. The van der Waals surface area contributed by atoms with Crippen LogP contribution in [0.5, 0.6) is 0 Å². The van der Waals surface area contributed by atoms with Gasteiger partial charge in [-0.3, -0.25) is 4.79 Å². The third kappa shape index (κ3) is 2.27. The van der Waals surface area contributed by atoms with Crippen LogP contribution in [-0.2, 0) is 16.0 Å². The van der Waals surface area contributed by atoms with Crippen molar-refractivity contribution in [2.75, 3.05) is 30.4 Å². The fourth-order valence-corrected chi connectivity index (χ4v) is 3.40. The molecule has 4 heteroatoms. The highest BCUT2D eigenvalue weighted by Crippen LogP contribution is 2.33. The SMILES string of the molecule is CC(=O)N1CCc2cc(SCC3COC3)ccc21. The summed E-state index contributed by atoms with van der Waals surface area (Å²) in [4.78, 5) is 14.6. The van der Waals surface area contributed by atoms with Gasteiger partial charge < -0.3 is 9.64 Å². The van der Waals surface area contributed by atoms with Gasteiger partial charge in [0, 0.05) is 35.7 Å². The lowest BCUT2D eigenvalue weighted by molar-refractivity contribution is -0.116. The molecule has 1 saturated heterocycles. The zero-order chi connectivity index (χ0) is 12.5. The second-order valence-corrected chi connectivity index (χ2v) is 6.02. The number of hydrogen-bond donors (Lipinski definition) is 0. The van der Waals surface area contributed by atoms with E-state index in [0.717, 1.165) is 43.5 Å². The predicted molar refractivity (Wildman–Crippen MR) is 73.2 cm³/mol. The van der Waals surface area contributed by atoms with E-state index in [9.17, 15) is 4.79 Å². The van der Waals surface area contributed by atoms with E-state index in [1.165, 1.54) is 10.5 Å². The molecule has 0 spiro atoms. The molecular formula is C14H17NO2S. The van der Waals surface area contributed by atoms with Gasteiger partial charge in [0.2, 0.25) is 5.91 Å². The summed E-state index contributed by atoms with van der Waals surface area (Å²) >= 11 is 1.90. The van der Waals surface area contributed by atoms with E-state index in [4.69, 9.17) is 4.74 Å². The monoisotopic (exact) mass is 263 g/mol. The number of nitrogens with zero attached hydrogens (tertiary/aromatic N) is 1. The van der Waals surface area contributed by atoms with Crippen LogP contribution in [0.2, 0.25) is 0 Å². The molecule has 0 aliphatic carbocycles. The molecule has 0 bridgehead atoms. The number of hydrogen-bond acceptors (Lipinski definition) is 3. The average molecular weight is 263 g/mol. The zero-order valence-corrected chi connectivity index (χ0v) is 11.3. The highest BCUT2D eigenvalue weighted by atomic mass is 32.2.